The number of imidazole rings is 1. The number of nitrogens with one attached hydrogen (secondary N) is 1. The Morgan fingerprint density at radius 1 is 1.19 bits per heavy atom. The van der Waals surface area contributed by atoms with E-state index in [-0.39, 0.29) is 18.5 Å². The molecule has 0 bridgehead atoms. The van der Waals surface area contributed by atoms with Crippen LogP contribution in [0.3, 0.4) is 0 Å². The van der Waals surface area contributed by atoms with Gasteiger partial charge in [-0.25, -0.2) is 15.0 Å². The minimum absolute atomic E-state index is 0.0501. The van der Waals surface area contributed by atoms with Crippen LogP contribution in [0.2, 0.25) is 5.02 Å². The molecule has 8 nitrogen and oxygen atoms in total. The molecule has 0 spiro atoms. The summed E-state index contributed by atoms with van der Waals surface area (Å²) in [5.41, 5.74) is 4.05. The molecule has 192 valence electrons. The van der Waals surface area contributed by atoms with Gasteiger partial charge in [-0.3, -0.25) is 4.79 Å². The molecule has 1 aliphatic rings. The van der Waals surface area contributed by atoms with Crippen molar-refractivity contribution in [3.8, 4) is 17.1 Å². The fourth-order valence-corrected chi connectivity index (χ4v) is 4.59. The van der Waals surface area contributed by atoms with E-state index in [9.17, 15) is 9.90 Å². The van der Waals surface area contributed by atoms with Gasteiger partial charge in [-0.2, -0.15) is 0 Å². The average Bonchev–Trinajstić information content (AvgIpc) is 3.69. The second kappa shape index (κ2) is 10.9. The number of halogens is 1. The summed E-state index contributed by atoms with van der Waals surface area (Å²) in [5, 5.41) is 13.4. The molecule has 1 aliphatic carbocycles. The lowest BCUT2D eigenvalue weighted by Gasteiger charge is -2.17. The molecule has 9 heteroatoms. The van der Waals surface area contributed by atoms with E-state index in [2.05, 4.69) is 26.8 Å². The normalized spacial score (nSPS) is 14.1. The molecule has 5 rings (SSSR count). The van der Waals surface area contributed by atoms with Crippen LogP contribution in [0.1, 0.15) is 47.9 Å². The van der Waals surface area contributed by atoms with Crippen molar-refractivity contribution in [3.63, 3.8) is 0 Å². The van der Waals surface area contributed by atoms with Gasteiger partial charge >= 0.3 is 0 Å². The molecule has 0 amide bonds. The number of hydrogen-bond donors (Lipinski definition) is 2. The SMILES string of the molecule is Cc1ccc(OCCCO)c(-c2nc3nc(C=O)nc(N[C@H](C)C4CC4)c3n2Cc2ccc(Cl)cc2)c1. The van der Waals surface area contributed by atoms with Gasteiger partial charge in [0.2, 0.25) is 0 Å². The Morgan fingerprint density at radius 3 is 2.68 bits per heavy atom. The van der Waals surface area contributed by atoms with Crippen LogP contribution in [0, 0.1) is 12.8 Å². The number of nitrogens with zero attached hydrogens (tertiary/aromatic N) is 4. The van der Waals surface area contributed by atoms with Crippen LogP contribution < -0.4 is 10.1 Å². The Hall–Kier alpha value is -3.49. The van der Waals surface area contributed by atoms with Gasteiger partial charge in [0.25, 0.3) is 0 Å². The van der Waals surface area contributed by atoms with E-state index >= 15 is 0 Å². The third-order valence-corrected chi connectivity index (χ3v) is 6.86. The van der Waals surface area contributed by atoms with Crippen molar-refractivity contribution in [1.29, 1.82) is 0 Å². The zero-order valence-electron chi connectivity index (χ0n) is 20.9. The third kappa shape index (κ3) is 5.60. The molecule has 2 aromatic carbocycles. The van der Waals surface area contributed by atoms with E-state index in [1.807, 2.05) is 49.4 Å². The van der Waals surface area contributed by atoms with Crippen LogP contribution in [0.25, 0.3) is 22.6 Å². The van der Waals surface area contributed by atoms with Crippen molar-refractivity contribution < 1.29 is 14.6 Å². The molecular formula is C28H30ClN5O3. The number of carbonyl (C=O) groups excluding carboxylic acids is 1. The van der Waals surface area contributed by atoms with Crippen LogP contribution in [-0.2, 0) is 6.54 Å². The highest BCUT2D eigenvalue weighted by Crippen LogP contribution is 2.37. The highest BCUT2D eigenvalue weighted by atomic mass is 35.5. The van der Waals surface area contributed by atoms with Crippen molar-refractivity contribution in [3.05, 3.63) is 64.4 Å². The smallest absolute Gasteiger partial charge is 0.196 e. The molecule has 2 aromatic heterocycles. The van der Waals surface area contributed by atoms with Crippen LogP contribution in [0.4, 0.5) is 5.82 Å². The summed E-state index contributed by atoms with van der Waals surface area (Å²) in [6.07, 6.45) is 3.53. The van der Waals surface area contributed by atoms with Gasteiger partial charge in [-0.1, -0.05) is 35.4 Å². The monoisotopic (exact) mass is 519 g/mol. The fourth-order valence-electron chi connectivity index (χ4n) is 4.46. The molecule has 4 aromatic rings. The number of anilines is 1. The van der Waals surface area contributed by atoms with Gasteiger partial charge in [-0.15, -0.1) is 0 Å². The lowest BCUT2D eigenvalue weighted by atomic mass is 10.1. The molecular weight excluding hydrogens is 490 g/mol. The minimum atomic E-state index is 0.0501. The first-order chi connectivity index (χ1) is 18.0. The number of aliphatic hydroxyl groups is 1. The van der Waals surface area contributed by atoms with Crippen molar-refractivity contribution in [2.75, 3.05) is 18.5 Å². The summed E-state index contributed by atoms with van der Waals surface area (Å²) in [7, 11) is 0. The molecule has 2 heterocycles. The number of aldehydes is 1. The Balaban J connectivity index is 1.71. The van der Waals surface area contributed by atoms with Crippen molar-refractivity contribution in [2.24, 2.45) is 5.92 Å². The summed E-state index contributed by atoms with van der Waals surface area (Å²) < 4.78 is 8.12. The molecule has 0 radical (unpaired) electrons. The first kappa shape index (κ1) is 25.2. The van der Waals surface area contributed by atoms with E-state index in [4.69, 9.17) is 21.3 Å². The Labute approximate surface area is 220 Å². The topological polar surface area (TPSA) is 102 Å². The number of aryl methyl sites for hydroxylation is 1. The number of hydrogen-bond acceptors (Lipinski definition) is 7. The van der Waals surface area contributed by atoms with E-state index < -0.39 is 0 Å². The summed E-state index contributed by atoms with van der Waals surface area (Å²) in [6.45, 7) is 5.07. The molecule has 2 N–H and O–H groups in total. The maximum absolute atomic E-state index is 11.7. The van der Waals surface area contributed by atoms with E-state index in [0.717, 1.165) is 22.2 Å². The molecule has 0 unspecified atom stereocenters. The van der Waals surface area contributed by atoms with Crippen molar-refractivity contribution in [2.45, 2.75) is 45.7 Å². The van der Waals surface area contributed by atoms with Crippen LogP contribution in [0.5, 0.6) is 5.75 Å². The van der Waals surface area contributed by atoms with Crippen molar-refractivity contribution in [1.82, 2.24) is 19.5 Å². The van der Waals surface area contributed by atoms with Crippen molar-refractivity contribution >= 4 is 34.9 Å². The predicted octanol–water partition coefficient (Wildman–Crippen LogP) is 5.29. The molecule has 37 heavy (non-hydrogen) atoms. The number of ether oxygens (including phenoxy) is 1. The minimum Gasteiger partial charge on any atom is -0.493 e. The lowest BCUT2D eigenvalue weighted by molar-refractivity contribution is 0.111. The van der Waals surface area contributed by atoms with Crippen LogP contribution >= 0.6 is 11.6 Å². The predicted molar refractivity (Wildman–Crippen MR) is 144 cm³/mol. The number of fused-ring (bicyclic) bond motifs is 1. The van der Waals surface area contributed by atoms with E-state index in [1.165, 1.54) is 12.8 Å². The number of benzene rings is 2. The third-order valence-electron chi connectivity index (χ3n) is 6.61. The van der Waals surface area contributed by atoms with Gasteiger partial charge in [0.1, 0.15) is 17.1 Å². The van der Waals surface area contributed by atoms with Gasteiger partial charge < -0.3 is 19.7 Å². The molecule has 0 aliphatic heterocycles. The van der Waals surface area contributed by atoms with E-state index in [0.29, 0.717) is 59.8 Å². The quantitative estimate of drug-likeness (QED) is 0.205. The van der Waals surface area contributed by atoms with Gasteiger partial charge in [0, 0.05) is 30.6 Å². The number of aromatic nitrogens is 4. The number of carbonyl (C=O) groups is 1. The van der Waals surface area contributed by atoms with Gasteiger partial charge in [0.05, 0.1) is 12.2 Å². The number of aliphatic hydroxyl groups excluding tert-OH is 1. The number of rotatable bonds is 11. The summed E-state index contributed by atoms with van der Waals surface area (Å²) in [5.74, 6) is 2.59. The molecule has 1 saturated carbocycles. The largest absolute Gasteiger partial charge is 0.493 e. The summed E-state index contributed by atoms with van der Waals surface area (Å²) in [6, 6.07) is 13.8. The molecule has 1 fully saturated rings. The summed E-state index contributed by atoms with van der Waals surface area (Å²) in [4.78, 5) is 25.7. The maximum atomic E-state index is 11.7. The van der Waals surface area contributed by atoms with Gasteiger partial charge in [0.15, 0.2) is 23.6 Å². The Morgan fingerprint density at radius 2 is 1.97 bits per heavy atom. The highest BCUT2D eigenvalue weighted by Gasteiger charge is 2.30. The second-order valence-corrected chi connectivity index (χ2v) is 10.0. The van der Waals surface area contributed by atoms with E-state index in [1.54, 1.807) is 0 Å². The summed E-state index contributed by atoms with van der Waals surface area (Å²) >= 11 is 6.15. The Bertz CT molecular complexity index is 1420. The first-order valence-electron chi connectivity index (χ1n) is 12.6. The average molecular weight is 520 g/mol. The molecule has 1 atom stereocenters. The zero-order valence-corrected chi connectivity index (χ0v) is 21.7. The van der Waals surface area contributed by atoms with Crippen LogP contribution in [-0.4, -0.2) is 50.2 Å². The fraction of sp³-hybridized carbons (Fsp3) is 0.357. The van der Waals surface area contributed by atoms with Crippen LogP contribution in [0.15, 0.2) is 42.5 Å². The highest BCUT2D eigenvalue weighted by molar-refractivity contribution is 6.30. The molecule has 0 saturated heterocycles. The lowest BCUT2D eigenvalue weighted by Crippen LogP contribution is -2.20. The zero-order chi connectivity index (χ0) is 25.9. The van der Waals surface area contributed by atoms with Gasteiger partial charge in [-0.05, 0) is 62.4 Å². The Kier molecular flexibility index (Phi) is 7.39. The maximum Gasteiger partial charge on any atom is 0.196 e. The second-order valence-electron chi connectivity index (χ2n) is 9.56. The first-order valence-corrected chi connectivity index (χ1v) is 12.9. The standard InChI is InChI=1S/C28H30ClN5O3/c1-17-4-11-23(37-13-3-12-35)22(14-17)28-33-27-25(34(28)15-19-5-9-21(29)10-6-19)26(31-24(16-36)32-27)30-18(2)20-7-8-20/h4-6,9-11,14,16,18,20,35H,3,7-8,12-13,15H2,1-2H3,(H,30,31,32)/t18-/m1/s1.